The standard InChI is InChI=1S/C21H16ClFN2O2/c1-26-20-10-13(21-24-17-4-2-3-5-18(17)25-21)7-9-19(20)27-12-14-6-8-15(23)11-16(14)22/h2-11H,12H2,1H3,(H,24,25). The number of ether oxygens (including phenoxy) is 2. The zero-order chi connectivity index (χ0) is 18.8. The number of methoxy groups -OCH3 is 1. The van der Waals surface area contributed by atoms with E-state index in [0.29, 0.717) is 22.1 Å². The van der Waals surface area contributed by atoms with Crippen LogP contribution >= 0.6 is 11.6 Å². The Morgan fingerprint density at radius 3 is 2.67 bits per heavy atom. The second-order valence-corrected chi connectivity index (χ2v) is 6.40. The van der Waals surface area contributed by atoms with E-state index in [-0.39, 0.29) is 12.4 Å². The van der Waals surface area contributed by atoms with Gasteiger partial charge in [-0.05, 0) is 42.5 Å². The minimum atomic E-state index is -0.378. The van der Waals surface area contributed by atoms with Crippen LogP contribution in [0, 0.1) is 5.82 Å². The fourth-order valence-electron chi connectivity index (χ4n) is 2.82. The van der Waals surface area contributed by atoms with Crippen molar-refractivity contribution in [3.05, 3.63) is 77.1 Å². The molecular weight excluding hydrogens is 367 g/mol. The minimum absolute atomic E-state index is 0.208. The van der Waals surface area contributed by atoms with Crippen LogP contribution in [0.3, 0.4) is 0 Å². The highest BCUT2D eigenvalue weighted by Crippen LogP contribution is 2.33. The van der Waals surface area contributed by atoms with E-state index in [2.05, 4.69) is 9.97 Å². The van der Waals surface area contributed by atoms with E-state index in [9.17, 15) is 4.39 Å². The number of para-hydroxylation sites is 2. The molecule has 0 aliphatic rings. The molecule has 4 aromatic rings. The van der Waals surface area contributed by atoms with Crippen LogP contribution in [0.4, 0.5) is 4.39 Å². The third-order valence-electron chi connectivity index (χ3n) is 4.22. The monoisotopic (exact) mass is 382 g/mol. The number of imidazole rings is 1. The van der Waals surface area contributed by atoms with Crippen LogP contribution in [0.2, 0.25) is 5.02 Å². The molecule has 4 nitrogen and oxygen atoms in total. The van der Waals surface area contributed by atoms with Crippen LogP contribution in [-0.4, -0.2) is 17.1 Å². The largest absolute Gasteiger partial charge is 0.493 e. The maximum absolute atomic E-state index is 13.2. The first-order chi connectivity index (χ1) is 13.1. The lowest BCUT2D eigenvalue weighted by Crippen LogP contribution is -1.99. The summed E-state index contributed by atoms with van der Waals surface area (Å²) in [4.78, 5) is 7.89. The van der Waals surface area contributed by atoms with E-state index < -0.39 is 0 Å². The van der Waals surface area contributed by atoms with Crippen LogP contribution in [0.25, 0.3) is 22.4 Å². The van der Waals surface area contributed by atoms with E-state index >= 15 is 0 Å². The zero-order valence-corrected chi connectivity index (χ0v) is 15.3. The maximum atomic E-state index is 13.2. The highest BCUT2D eigenvalue weighted by atomic mass is 35.5. The summed E-state index contributed by atoms with van der Waals surface area (Å²) in [5.41, 5.74) is 3.45. The molecule has 4 rings (SSSR count). The predicted molar refractivity (Wildman–Crippen MR) is 104 cm³/mol. The molecule has 3 aromatic carbocycles. The van der Waals surface area contributed by atoms with Gasteiger partial charge in [-0.25, -0.2) is 9.37 Å². The van der Waals surface area contributed by atoms with E-state index in [1.807, 2.05) is 42.5 Å². The van der Waals surface area contributed by atoms with Gasteiger partial charge in [0.05, 0.1) is 23.2 Å². The van der Waals surface area contributed by atoms with Crippen molar-refractivity contribution in [1.29, 1.82) is 0 Å². The van der Waals surface area contributed by atoms with Crippen LogP contribution in [0.15, 0.2) is 60.7 Å². The molecule has 136 valence electrons. The van der Waals surface area contributed by atoms with Gasteiger partial charge in [-0.15, -0.1) is 0 Å². The number of aromatic amines is 1. The fraction of sp³-hybridized carbons (Fsp3) is 0.0952. The van der Waals surface area contributed by atoms with Crippen molar-refractivity contribution in [3.8, 4) is 22.9 Å². The fourth-order valence-corrected chi connectivity index (χ4v) is 3.04. The van der Waals surface area contributed by atoms with Crippen LogP contribution in [0.1, 0.15) is 5.56 Å². The third-order valence-corrected chi connectivity index (χ3v) is 4.58. The van der Waals surface area contributed by atoms with Gasteiger partial charge in [0.2, 0.25) is 0 Å². The average molecular weight is 383 g/mol. The summed E-state index contributed by atoms with van der Waals surface area (Å²) in [6.07, 6.45) is 0. The summed E-state index contributed by atoms with van der Waals surface area (Å²) >= 11 is 6.05. The van der Waals surface area contributed by atoms with E-state index in [1.54, 1.807) is 13.2 Å². The van der Waals surface area contributed by atoms with Gasteiger partial charge < -0.3 is 14.5 Å². The van der Waals surface area contributed by atoms with E-state index in [1.165, 1.54) is 12.1 Å². The number of hydrogen-bond acceptors (Lipinski definition) is 3. The van der Waals surface area contributed by atoms with Crippen molar-refractivity contribution in [3.63, 3.8) is 0 Å². The summed E-state index contributed by atoms with van der Waals surface area (Å²) in [6.45, 7) is 0.208. The Morgan fingerprint density at radius 1 is 1.04 bits per heavy atom. The number of rotatable bonds is 5. The molecule has 0 amide bonds. The molecule has 0 saturated carbocycles. The molecule has 0 atom stereocenters. The Hall–Kier alpha value is -3.05. The lowest BCUT2D eigenvalue weighted by molar-refractivity contribution is 0.284. The van der Waals surface area contributed by atoms with Crippen molar-refractivity contribution in [2.24, 2.45) is 0 Å². The van der Waals surface area contributed by atoms with Gasteiger partial charge in [0.15, 0.2) is 11.5 Å². The first-order valence-corrected chi connectivity index (χ1v) is 8.72. The first-order valence-electron chi connectivity index (χ1n) is 8.34. The van der Waals surface area contributed by atoms with Gasteiger partial charge in [0.25, 0.3) is 0 Å². The van der Waals surface area contributed by atoms with Crippen molar-refractivity contribution in [1.82, 2.24) is 9.97 Å². The minimum Gasteiger partial charge on any atom is -0.493 e. The highest BCUT2D eigenvalue weighted by molar-refractivity contribution is 6.31. The van der Waals surface area contributed by atoms with Gasteiger partial charge in [-0.3, -0.25) is 0 Å². The number of hydrogen-bond donors (Lipinski definition) is 1. The van der Waals surface area contributed by atoms with Crippen molar-refractivity contribution < 1.29 is 13.9 Å². The second-order valence-electron chi connectivity index (χ2n) is 5.99. The molecular formula is C21H16ClFN2O2. The third kappa shape index (κ3) is 3.59. The molecule has 0 bridgehead atoms. The van der Waals surface area contributed by atoms with Crippen molar-refractivity contribution in [2.75, 3.05) is 7.11 Å². The molecule has 0 aliphatic carbocycles. The predicted octanol–water partition coefficient (Wildman–Crippen LogP) is 5.61. The smallest absolute Gasteiger partial charge is 0.161 e. The summed E-state index contributed by atoms with van der Waals surface area (Å²) in [5.74, 6) is 1.52. The molecule has 0 unspecified atom stereocenters. The zero-order valence-electron chi connectivity index (χ0n) is 14.5. The topological polar surface area (TPSA) is 47.1 Å². The van der Waals surface area contributed by atoms with Gasteiger partial charge in [0.1, 0.15) is 18.2 Å². The van der Waals surface area contributed by atoms with E-state index in [0.717, 1.165) is 22.4 Å². The Kier molecular flexibility index (Phi) is 4.69. The highest BCUT2D eigenvalue weighted by Gasteiger charge is 2.11. The number of fused-ring (bicyclic) bond motifs is 1. The molecule has 0 radical (unpaired) electrons. The number of nitrogens with one attached hydrogen (secondary N) is 1. The van der Waals surface area contributed by atoms with Crippen LogP contribution < -0.4 is 9.47 Å². The molecule has 1 heterocycles. The molecule has 0 fully saturated rings. The Bertz CT molecular complexity index is 1080. The normalized spacial score (nSPS) is 10.9. The summed E-state index contributed by atoms with van der Waals surface area (Å²) < 4.78 is 24.4. The van der Waals surface area contributed by atoms with Gasteiger partial charge in [-0.2, -0.15) is 0 Å². The number of halogens is 2. The Labute approximate surface area is 160 Å². The number of nitrogens with zero attached hydrogens (tertiary/aromatic N) is 1. The Morgan fingerprint density at radius 2 is 1.89 bits per heavy atom. The lowest BCUT2D eigenvalue weighted by atomic mass is 10.2. The summed E-state index contributed by atoms with van der Waals surface area (Å²) in [7, 11) is 1.58. The summed E-state index contributed by atoms with van der Waals surface area (Å²) in [5, 5.41) is 0.327. The van der Waals surface area contributed by atoms with Crippen molar-refractivity contribution >= 4 is 22.6 Å². The maximum Gasteiger partial charge on any atom is 0.161 e. The van der Waals surface area contributed by atoms with Crippen LogP contribution in [0.5, 0.6) is 11.5 Å². The molecule has 1 aromatic heterocycles. The molecule has 27 heavy (non-hydrogen) atoms. The van der Waals surface area contributed by atoms with Gasteiger partial charge >= 0.3 is 0 Å². The first kappa shape index (κ1) is 17.4. The second kappa shape index (κ2) is 7.29. The van der Waals surface area contributed by atoms with Crippen molar-refractivity contribution in [2.45, 2.75) is 6.61 Å². The number of H-pyrrole nitrogens is 1. The number of aromatic nitrogens is 2. The van der Waals surface area contributed by atoms with Gasteiger partial charge in [0, 0.05) is 11.1 Å². The van der Waals surface area contributed by atoms with Gasteiger partial charge in [-0.1, -0.05) is 29.8 Å². The average Bonchev–Trinajstić information content (AvgIpc) is 3.11. The molecule has 6 heteroatoms. The lowest BCUT2D eigenvalue weighted by Gasteiger charge is -2.12. The Balaban J connectivity index is 1.59. The number of benzene rings is 3. The molecule has 0 spiro atoms. The molecule has 0 saturated heterocycles. The summed E-state index contributed by atoms with van der Waals surface area (Å²) in [6, 6.07) is 17.7. The molecule has 0 aliphatic heterocycles. The van der Waals surface area contributed by atoms with E-state index in [4.69, 9.17) is 21.1 Å². The SMILES string of the molecule is COc1cc(-c2nc3ccccc3[nH]2)ccc1OCc1ccc(F)cc1Cl. The quantitative estimate of drug-likeness (QED) is 0.488. The molecule has 1 N–H and O–H groups in total. The van der Waals surface area contributed by atoms with Crippen LogP contribution in [-0.2, 0) is 6.61 Å².